The van der Waals surface area contributed by atoms with Crippen LogP contribution in [0.4, 0.5) is 0 Å². The van der Waals surface area contributed by atoms with Gasteiger partial charge in [-0.3, -0.25) is 4.79 Å². The van der Waals surface area contributed by atoms with Crippen LogP contribution in [0.2, 0.25) is 5.02 Å². The van der Waals surface area contributed by atoms with E-state index < -0.39 is 0 Å². The van der Waals surface area contributed by atoms with Crippen molar-refractivity contribution in [2.75, 3.05) is 13.1 Å². The number of amides is 1. The molecular weight excluding hydrogens is 418 g/mol. The van der Waals surface area contributed by atoms with Crippen molar-refractivity contribution in [2.24, 2.45) is 0 Å². The number of likely N-dealkylation sites (tertiary alicyclic amines) is 1. The molecule has 1 saturated heterocycles. The van der Waals surface area contributed by atoms with E-state index in [1.165, 1.54) is 24.6 Å². The Hall–Kier alpha value is -2.57. The molecule has 0 saturated carbocycles. The van der Waals surface area contributed by atoms with Crippen molar-refractivity contribution in [3.8, 4) is 11.6 Å². The fourth-order valence-corrected chi connectivity index (χ4v) is 4.22. The van der Waals surface area contributed by atoms with Crippen molar-refractivity contribution < 1.29 is 9.53 Å². The first-order valence-electron chi connectivity index (χ1n) is 10.0. The van der Waals surface area contributed by atoms with Crippen LogP contribution in [-0.4, -0.2) is 33.9 Å². The lowest BCUT2D eigenvalue weighted by molar-refractivity contribution is 0.0761. The Morgan fingerprint density at radius 2 is 1.57 bits per heavy atom. The summed E-state index contributed by atoms with van der Waals surface area (Å²) in [6.45, 7) is 1.67. The maximum Gasteiger partial charge on any atom is 0.253 e. The number of carbonyl (C=O) groups is 1. The summed E-state index contributed by atoms with van der Waals surface area (Å²) in [5.41, 5.74) is 0.680. The van der Waals surface area contributed by atoms with Gasteiger partial charge in [-0.1, -0.05) is 36.2 Å². The smallest absolute Gasteiger partial charge is 0.253 e. The Bertz CT molecular complexity index is 988. The van der Waals surface area contributed by atoms with Gasteiger partial charge >= 0.3 is 0 Å². The van der Waals surface area contributed by atoms with Crippen molar-refractivity contribution in [2.45, 2.75) is 35.6 Å². The van der Waals surface area contributed by atoms with E-state index in [0.717, 1.165) is 30.8 Å². The highest BCUT2D eigenvalue weighted by Crippen LogP contribution is 2.34. The number of benzene rings is 2. The van der Waals surface area contributed by atoms with Crippen LogP contribution in [0.15, 0.2) is 70.8 Å². The largest absolute Gasteiger partial charge is 0.437 e. The normalized spacial score (nSPS) is 14.2. The monoisotopic (exact) mass is 439 g/mol. The molecule has 1 aliphatic rings. The molecule has 2 aromatic carbocycles. The Kier molecular flexibility index (Phi) is 6.87. The van der Waals surface area contributed by atoms with Crippen molar-refractivity contribution in [1.82, 2.24) is 14.9 Å². The van der Waals surface area contributed by atoms with Gasteiger partial charge in [-0.15, -0.1) is 0 Å². The number of halogens is 1. The van der Waals surface area contributed by atoms with E-state index >= 15 is 0 Å². The highest BCUT2D eigenvalue weighted by atomic mass is 35.5. The summed E-state index contributed by atoms with van der Waals surface area (Å²) in [6.07, 6.45) is 7.78. The molecule has 4 rings (SSSR count). The summed E-state index contributed by atoms with van der Waals surface area (Å²) in [5, 5.41) is 1.34. The molecule has 0 spiro atoms. The van der Waals surface area contributed by atoms with Gasteiger partial charge in [0, 0.05) is 41.0 Å². The minimum absolute atomic E-state index is 0.0851. The van der Waals surface area contributed by atoms with Crippen molar-refractivity contribution in [3.05, 3.63) is 71.5 Å². The number of aromatic nitrogens is 2. The first-order valence-corrected chi connectivity index (χ1v) is 11.2. The summed E-state index contributed by atoms with van der Waals surface area (Å²) < 4.78 is 5.96. The molecule has 1 aliphatic heterocycles. The minimum Gasteiger partial charge on any atom is -0.437 e. The van der Waals surface area contributed by atoms with Crippen LogP contribution in [0.1, 0.15) is 36.0 Å². The second-order valence-corrected chi connectivity index (χ2v) is 8.55. The molecule has 0 unspecified atom stereocenters. The van der Waals surface area contributed by atoms with Crippen LogP contribution in [0, 0.1) is 0 Å². The van der Waals surface area contributed by atoms with Crippen LogP contribution in [0.5, 0.6) is 11.6 Å². The van der Waals surface area contributed by atoms with E-state index in [9.17, 15) is 4.79 Å². The average Bonchev–Trinajstić information content (AvgIpc) is 3.06. The molecule has 5 nitrogen and oxygen atoms in total. The van der Waals surface area contributed by atoms with Crippen LogP contribution < -0.4 is 4.74 Å². The average molecular weight is 440 g/mol. The third-order valence-electron chi connectivity index (χ3n) is 4.87. The van der Waals surface area contributed by atoms with E-state index in [1.54, 1.807) is 24.5 Å². The zero-order valence-corrected chi connectivity index (χ0v) is 18.0. The summed E-state index contributed by atoms with van der Waals surface area (Å²) in [5.74, 6) is 1.12. The molecule has 30 heavy (non-hydrogen) atoms. The van der Waals surface area contributed by atoms with E-state index in [2.05, 4.69) is 9.97 Å². The predicted octanol–water partition coefficient (Wildman–Crippen LogP) is 6.09. The maximum absolute atomic E-state index is 12.8. The summed E-state index contributed by atoms with van der Waals surface area (Å²) in [7, 11) is 0. The molecule has 1 amide bonds. The Morgan fingerprint density at radius 3 is 2.27 bits per heavy atom. The molecule has 154 valence electrons. The first-order chi connectivity index (χ1) is 14.7. The maximum atomic E-state index is 12.8. The zero-order chi connectivity index (χ0) is 20.8. The molecule has 0 atom stereocenters. The van der Waals surface area contributed by atoms with Gasteiger partial charge in [-0.05, 0) is 61.4 Å². The van der Waals surface area contributed by atoms with Gasteiger partial charge in [0.1, 0.15) is 5.75 Å². The van der Waals surface area contributed by atoms with Gasteiger partial charge in [-0.25, -0.2) is 9.97 Å². The van der Waals surface area contributed by atoms with Gasteiger partial charge in [0.05, 0.1) is 0 Å². The lowest BCUT2D eigenvalue weighted by Gasteiger charge is -2.20. The highest BCUT2D eigenvalue weighted by Gasteiger charge is 2.17. The minimum atomic E-state index is 0.0851. The van der Waals surface area contributed by atoms with E-state index in [-0.39, 0.29) is 5.91 Å². The number of ether oxygens (including phenoxy) is 1. The second kappa shape index (κ2) is 9.96. The van der Waals surface area contributed by atoms with E-state index in [0.29, 0.717) is 27.2 Å². The van der Waals surface area contributed by atoms with Gasteiger partial charge in [0.15, 0.2) is 5.03 Å². The molecule has 0 bridgehead atoms. The topological polar surface area (TPSA) is 55.3 Å². The fraction of sp³-hybridized carbons (Fsp3) is 0.261. The van der Waals surface area contributed by atoms with Crippen LogP contribution in [0.3, 0.4) is 0 Å². The molecule has 3 aromatic rings. The standard InChI is InChI=1S/C23H22ClN3O2S/c24-18-7-11-20(12-8-18)30-22-21(25-13-14-26-22)29-19-9-5-17(6-10-19)23(28)27-15-3-1-2-4-16-27/h5-14H,1-4,15-16H2. The number of nitrogens with zero attached hydrogens (tertiary/aromatic N) is 3. The predicted molar refractivity (Wildman–Crippen MR) is 118 cm³/mol. The molecule has 7 heteroatoms. The Balaban J connectivity index is 1.46. The molecule has 0 radical (unpaired) electrons. The Labute approximate surface area is 185 Å². The number of hydrogen-bond donors (Lipinski definition) is 0. The van der Waals surface area contributed by atoms with E-state index in [1.807, 2.05) is 41.3 Å². The summed E-state index contributed by atoms with van der Waals surface area (Å²) in [6, 6.07) is 14.7. The molecular formula is C23H22ClN3O2S. The third-order valence-corrected chi connectivity index (χ3v) is 6.10. The Morgan fingerprint density at radius 1 is 0.900 bits per heavy atom. The molecule has 0 N–H and O–H groups in total. The number of hydrogen-bond acceptors (Lipinski definition) is 5. The number of rotatable bonds is 5. The highest BCUT2D eigenvalue weighted by molar-refractivity contribution is 7.99. The summed E-state index contributed by atoms with van der Waals surface area (Å²) >= 11 is 7.41. The van der Waals surface area contributed by atoms with Crippen LogP contribution >= 0.6 is 23.4 Å². The molecule has 1 fully saturated rings. The zero-order valence-electron chi connectivity index (χ0n) is 16.5. The quantitative estimate of drug-likeness (QED) is 0.481. The lowest BCUT2D eigenvalue weighted by atomic mass is 10.2. The number of carbonyl (C=O) groups excluding carboxylic acids is 1. The molecule has 2 heterocycles. The van der Waals surface area contributed by atoms with Crippen molar-refractivity contribution in [1.29, 1.82) is 0 Å². The molecule has 1 aromatic heterocycles. The van der Waals surface area contributed by atoms with Crippen molar-refractivity contribution in [3.63, 3.8) is 0 Å². The SMILES string of the molecule is O=C(c1ccc(Oc2nccnc2Sc2ccc(Cl)cc2)cc1)N1CCCCCC1. The summed E-state index contributed by atoms with van der Waals surface area (Å²) in [4.78, 5) is 24.4. The van der Waals surface area contributed by atoms with Crippen LogP contribution in [-0.2, 0) is 0 Å². The first kappa shape index (κ1) is 20.7. The van der Waals surface area contributed by atoms with Gasteiger partial charge in [0.2, 0.25) is 0 Å². The van der Waals surface area contributed by atoms with Crippen LogP contribution in [0.25, 0.3) is 0 Å². The lowest BCUT2D eigenvalue weighted by Crippen LogP contribution is -2.31. The van der Waals surface area contributed by atoms with Gasteiger partial charge in [-0.2, -0.15) is 0 Å². The van der Waals surface area contributed by atoms with E-state index in [4.69, 9.17) is 16.3 Å². The molecule has 0 aliphatic carbocycles. The third kappa shape index (κ3) is 5.32. The van der Waals surface area contributed by atoms with Gasteiger partial charge < -0.3 is 9.64 Å². The second-order valence-electron chi connectivity index (χ2n) is 7.06. The van der Waals surface area contributed by atoms with Crippen molar-refractivity contribution >= 4 is 29.3 Å². The fourth-order valence-electron chi connectivity index (χ4n) is 3.30. The van der Waals surface area contributed by atoms with Gasteiger partial charge in [0.25, 0.3) is 11.8 Å².